The molecule has 21 heavy (non-hydrogen) atoms. The number of amides is 1. The molecule has 1 aromatic rings. The van der Waals surface area contributed by atoms with Crippen molar-refractivity contribution in [1.82, 2.24) is 5.32 Å². The third-order valence-corrected chi connectivity index (χ3v) is 2.78. The van der Waals surface area contributed by atoms with Crippen LogP contribution in [0.15, 0.2) is 36.0 Å². The quantitative estimate of drug-likeness (QED) is 0.468. The van der Waals surface area contributed by atoms with E-state index in [0.29, 0.717) is 12.8 Å². The van der Waals surface area contributed by atoms with Crippen LogP contribution >= 0.6 is 0 Å². The Morgan fingerprint density at radius 2 is 2.00 bits per heavy atom. The summed E-state index contributed by atoms with van der Waals surface area (Å²) in [5, 5.41) is 14.2. The van der Waals surface area contributed by atoms with Gasteiger partial charge in [-0.15, -0.1) is 0 Å². The first-order valence-corrected chi connectivity index (χ1v) is 6.35. The molecule has 1 aromatic carbocycles. The Kier molecular flexibility index (Phi) is 6.48. The normalized spacial score (nSPS) is 10.4. The molecule has 1 rings (SSSR count). The number of ether oxygens (including phenoxy) is 1. The molecule has 6 nitrogen and oxygen atoms in total. The highest BCUT2D eigenvalue weighted by Crippen LogP contribution is 2.11. The third kappa shape index (κ3) is 5.37. The number of carbonyl (C=O) groups excluding carboxylic acids is 2. The van der Waals surface area contributed by atoms with Gasteiger partial charge in [0, 0.05) is 25.4 Å². The van der Waals surface area contributed by atoms with Crippen LogP contribution in [0.4, 0.5) is 5.69 Å². The summed E-state index contributed by atoms with van der Waals surface area (Å²) in [6, 6.07) is 9.12. The number of benzene rings is 1. The molecule has 0 unspecified atom stereocenters. The van der Waals surface area contributed by atoms with Gasteiger partial charge in [0.1, 0.15) is 6.07 Å². The molecule has 0 saturated heterocycles. The maximum atomic E-state index is 11.2. The van der Waals surface area contributed by atoms with Crippen molar-refractivity contribution in [3.8, 4) is 6.07 Å². The molecule has 0 aromatic heterocycles. The van der Waals surface area contributed by atoms with Gasteiger partial charge in [-0.1, -0.05) is 12.1 Å². The van der Waals surface area contributed by atoms with E-state index in [9.17, 15) is 9.59 Å². The van der Waals surface area contributed by atoms with Gasteiger partial charge < -0.3 is 15.4 Å². The summed E-state index contributed by atoms with van der Waals surface area (Å²) in [6.45, 7) is 0. The highest BCUT2D eigenvalue weighted by Gasteiger charge is 2.07. The highest BCUT2D eigenvalue weighted by molar-refractivity contribution is 5.93. The minimum absolute atomic E-state index is 0.00289. The Labute approximate surface area is 123 Å². The summed E-state index contributed by atoms with van der Waals surface area (Å²) < 4.78 is 4.47. The lowest BCUT2D eigenvalue weighted by Crippen LogP contribution is -2.17. The number of hydrogen-bond donors (Lipinski definition) is 2. The van der Waals surface area contributed by atoms with E-state index in [4.69, 9.17) is 5.26 Å². The number of methoxy groups -OCH3 is 1. The van der Waals surface area contributed by atoms with Crippen molar-refractivity contribution in [2.75, 3.05) is 19.5 Å². The number of hydrogen-bond acceptors (Lipinski definition) is 5. The Hall–Kier alpha value is -2.81. The average Bonchev–Trinajstić information content (AvgIpc) is 2.53. The SMILES string of the molecule is CNC(=O)CCc1ccc(N/C=C(/C#N)C(=O)OC)cc1. The Balaban J connectivity index is 2.62. The smallest absolute Gasteiger partial charge is 0.350 e. The van der Waals surface area contributed by atoms with Crippen molar-refractivity contribution in [2.24, 2.45) is 0 Å². The molecule has 0 atom stereocenters. The molecule has 0 saturated carbocycles. The number of nitrogens with one attached hydrogen (secondary N) is 2. The van der Waals surface area contributed by atoms with Crippen molar-refractivity contribution in [2.45, 2.75) is 12.8 Å². The van der Waals surface area contributed by atoms with Crippen molar-refractivity contribution < 1.29 is 14.3 Å². The molecule has 0 heterocycles. The van der Waals surface area contributed by atoms with Crippen molar-refractivity contribution >= 4 is 17.6 Å². The number of anilines is 1. The van der Waals surface area contributed by atoms with Gasteiger partial charge >= 0.3 is 5.97 Å². The van der Waals surface area contributed by atoms with Crippen LogP contribution in [0.1, 0.15) is 12.0 Å². The van der Waals surface area contributed by atoms with Gasteiger partial charge in [0.15, 0.2) is 5.57 Å². The maximum Gasteiger partial charge on any atom is 0.350 e. The molecule has 0 aliphatic rings. The topological polar surface area (TPSA) is 91.2 Å². The van der Waals surface area contributed by atoms with Gasteiger partial charge in [0.25, 0.3) is 0 Å². The van der Waals surface area contributed by atoms with Crippen LogP contribution in [0.2, 0.25) is 0 Å². The second kappa shape index (κ2) is 8.38. The van der Waals surface area contributed by atoms with E-state index in [2.05, 4.69) is 15.4 Å². The number of nitriles is 1. The van der Waals surface area contributed by atoms with Crippen LogP contribution in [-0.4, -0.2) is 26.0 Å². The zero-order valence-corrected chi connectivity index (χ0v) is 12.0. The standard InChI is InChI=1S/C15H17N3O3/c1-17-14(19)8-5-11-3-6-13(7-4-11)18-10-12(9-16)15(20)21-2/h3-4,6-7,10,18H,5,8H2,1-2H3,(H,17,19)/b12-10-. The van der Waals surface area contributed by atoms with E-state index in [0.717, 1.165) is 11.3 Å². The summed E-state index contributed by atoms with van der Waals surface area (Å²) in [4.78, 5) is 22.4. The lowest BCUT2D eigenvalue weighted by molar-refractivity contribution is -0.135. The van der Waals surface area contributed by atoms with Crippen LogP contribution in [0.25, 0.3) is 0 Å². The summed E-state index contributed by atoms with van der Waals surface area (Å²) in [5.74, 6) is -0.691. The van der Waals surface area contributed by atoms with Gasteiger partial charge in [0.2, 0.25) is 5.91 Å². The number of rotatable bonds is 6. The van der Waals surface area contributed by atoms with E-state index in [1.807, 2.05) is 24.3 Å². The van der Waals surface area contributed by atoms with Crippen LogP contribution in [0.5, 0.6) is 0 Å². The lowest BCUT2D eigenvalue weighted by atomic mass is 10.1. The van der Waals surface area contributed by atoms with Gasteiger partial charge in [-0.25, -0.2) is 4.79 Å². The number of esters is 1. The number of aryl methyl sites for hydroxylation is 1. The fourth-order valence-electron chi connectivity index (χ4n) is 1.55. The largest absolute Gasteiger partial charge is 0.465 e. The first kappa shape index (κ1) is 16.2. The van der Waals surface area contributed by atoms with E-state index < -0.39 is 5.97 Å². The minimum Gasteiger partial charge on any atom is -0.465 e. The zero-order valence-electron chi connectivity index (χ0n) is 12.0. The van der Waals surface area contributed by atoms with Gasteiger partial charge in [-0.3, -0.25) is 4.79 Å². The lowest BCUT2D eigenvalue weighted by Gasteiger charge is -2.04. The molecule has 0 aliphatic heterocycles. The van der Waals surface area contributed by atoms with E-state index in [-0.39, 0.29) is 11.5 Å². The summed E-state index contributed by atoms with van der Waals surface area (Å²) >= 11 is 0. The first-order valence-electron chi connectivity index (χ1n) is 6.35. The third-order valence-electron chi connectivity index (χ3n) is 2.78. The Morgan fingerprint density at radius 3 is 2.52 bits per heavy atom. The number of carbonyl (C=O) groups is 2. The van der Waals surface area contributed by atoms with Crippen molar-refractivity contribution in [1.29, 1.82) is 5.26 Å². The highest BCUT2D eigenvalue weighted by atomic mass is 16.5. The van der Waals surface area contributed by atoms with Crippen LogP contribution in [0, 0.1) is 11.3 Å². The average molecular weight is 287 g/mol. The Morgan fingerprint density at radius 1 is 1.33 bits per heavy atom. The molecule has 6 heteroatoms. The number of nitrogens with zero attached hydrogens (tertiary/aromatic N) is 1. The minimum atomic E-state index is -0.688. The molecule has 2 N–H and O–H groups in total. The fourth-order valence-corrected chi connectivity index (χ4v) is 1.55. The molecule has 0 aliphatic carbocycles. The first-order chi connectivity index (χ1) is 10.1. The Bertz CT molecular complexity index is 571. The molecule has 0 spiro atoms. The van der Waals surface area contributed by atoms with E-state index >= 15 is 0 Å². The molecule has 110 valence electrons. The summed E-state index contributed by atoms with van der Waals surface area (Å²) in [7, 11) is 2.82. The molecule has 1 amide bonds. The zero-order chi connectivity index (χ0) is 15.7. The van der Waals surface area contributed by atoms with E-state index in [1.165, 1.54) is 13.3 Å². The predicted molar refractivity (Wildman–Crippen MR) is 78.2 cm³/mol. The van der Waals surface area contributed by atoms with Crippen LogP contribution < -0.4 is 10.6 Å². The molecular formula is C15H17N3O3. The van der Waals surface area contributed by atoms with Gasteiger partial charge in [-0.05, 0) is 24.1 Å². The second-order valence-corrected chi connectivity index (χ2v) is 4.18. The molecule has 0 fully saturated rings. The van der Waals surface area contributed by atoms with Crippen LogP contribution in [-0.2, 0) is 20.7 Å². The van der Waals surface area contributed by atoms with Gasteiger partial charge in [-0.2, -0.15) is 5.26 Å². The van der Waals surface area contributed by atoms with Crippen LogP contribution in [0.3, 0.4) is 0 Å². The van der Waals surface area contributed by atoms with Crippen molar-refractivity contribution in [3.63, 3.8) is 0 Å². The van der Waals surface area contributed by atoms with E-state index in [1.54, 1.807) is 13.1 Å². The molecular weight excluding hydrogens is 270 g/mol. The summed E-state index contributed by atoms with van der Waals surface area (Å²) in [5.41, 5.74) is 1.65. The fraction of sp³-hybridized carbons (Fsp3) is 0.267. The monoisotopic (exact) mass is 287 g/mol. The molecule has 0 bridgehead atoms. The predicted octanol–water partition coefficient (Wildman–Crippen LogP) is 1.36. The second-order valence-electron chi connectivity index (χ2n) is 4.18. The van der Waals surface area contributed by atoms with Gasteiger partial charge in [0.05, 0.1) is 7.11 Å². The summed E-state index contributed by atoms with van der Waals surface area (Å²) in [6.07, 6.45) is 2.39. The molecule has 0 radical (unpaired) electrons. The van der Waals surface area contributed by atoms with Crippen molar-refractivity contribution in [3.05, 3.63) is 41.6 Å². The maximum absolute atomic E-state index is 11.2.